The molecule has 0 aliphatic carbocycles. The highest BCUT2D eigenvalue weighted by molar-refractivity contribution is 8.19. The van der Waals surface area contributed by atoms with Crippen molar-refractivity contribution in [2.75, 3.05) is 12.0 Å². The van der Waals surface area contributed by atoms with E-state index in [4.69, 9.17) is 14.5 Å². The summed E-state index contributed by atoms with van der Waals surface area (Å²) >= 11 is 1.38. The molecule has 0 radical (unpaired) electrons. The number of carbonyl (C=O) groups excluding carboxylic acids is 1. The van der Waals surface area contributed by atoms with Gasteiger partial charge in [-0.05, 0) is 97.6 Å². The number of benzene rings is 3. The fourth-order valence-corrected chi connectivity index (χ4v) is 4.85. The lowest BCUT2D eigenvalue weighted by Gasteiger charge is -2.16. The summed E-state index contributed by atoms with van der Waals surface area (Å²) in [5.41, 5.74) is 4.94. The van der Waals surface area contributed by atoms with E-state index in [0.29, 0.717) is 21.6 Å². The number of carbonyl (C=O) groups is 1. The van der Waals surface area contributed by atoms with Gasteiger partial charge in [0.2, 0.25) is 0 Å². The molecule has 1 saturated heterocycles. The van der Waals surface area contributed by atoms with E-state index in [1.54, 1.807) is 12.0 Å². The number of thioether (sulfide) groups is 1. The predicted octanol–water partition coefficient (Wildman–Crippen LogP) is 7.42. The Morgan fingerprint density at radius 2 is 1.56 bits per heavy atom. The van der Waals surface area contributed by atoms with Gasteiger partial charge < -0.3 is 9.47 Å². The van der Waals surface area contributed by atoms with E-state index in [2.05, 4.69) is 38.1 Å². The Bertz CT molecular complexity index is 1280. The first-order valence-electron chi connectivity index (χ1n) is 12.3. The fraction of sp³-hybridized carbons (Fsp3) is 0.267. The SMILES string of the molecule is CCc1ccc(N=C2S/C(=C\c3ccc(OC(C)C)c(OC)c3)C(=O)N2c2ccc(CC)cc2)cc1. The lowest BCUT2D eigenvalue weighted by molar-refractivity contribution is -0.113. The molecular weight excluding hydrogens is 468 g/mol. The summed E-state index contributed by atoms with van der Waals surface area (Å²) in [6.45, 7) is 8.19. The molecule has 1 amide bonds. The molecule has 3 aromatic carbocycles. The van der Waals surface area contributed by atoms with Crippen molar-refractivity contribution >= 4 is 40.3 Å². The monoisotopic (exact) mass is 500 g/mol. The zero-order valence-electron chi connectivity index (χ0n) is 21.4. The second kappa shape index (κ2) is 11.5. The standard InChI is InChI=1S/C30H32N2O3S/c1-6-21-8-13-24(14-9-21)31-30-32(25-15-10-22(7-2)11-16-25)29(33)28(36-30)19-23-12-17-26(35-20(3)4)27(18-23)34-5/h8-20H,6-7H2,1-5H3/b28-19-,31-30?. The average Bonchev–Trinajstić information content (AvgIpc) is 3.19. The van der Waals surface area contributed by atoms with Crippen LogP contribution >= 0.6 is 11.8 Å². The average molecular weight is 501 g/mol. The van der Waals surface area contributed by atoms with Gasteiger partial charge in [0.05, 0.1) is 29.5 Å². The Morgan fingerprint density at radius 1 is 0.917 bits per heavy atom. The van der Waals surface area contributed by atoms with Gasteiger partial charge in [0.15, 0.2) is 16.7 Å². The van der Waals surface area contributed by atoms with Crippen LogP contribution in [0.3, 0.4) is 0 Å². The van der Waals surface area contributed by atoms with Crippen molar-refractivity contribution in [3.8, 4) is 11.5 Å². The molecule has 0 N–H and O–H groups in total. The zero-order valence-corrected chi connectivity index (χ0v) is 22.3. The highest BCUT2D eigenvalue weighted by Gasteiger charge is 2.34. The number of aryl methyl sites for hydroxylation is 2. The van der Waals surface area contributed by atoms with E-state index in [1.807, 2.05) is 62.4 Å². The summed E-state index contributed by atoms with van der Waals surface area (Å²) in [6.07, 6.45) is 3.83. The van der Waals surface area contributed by atoms with Crippen LogP contribution in [0.5, 0.6) is 11.5 Å². The second-order valence-corrected chi connectivity index (χ2v) is 9.77. The number of amidine groups is 1. The van der Waals surface area contributed by atoms with Gasteiger partial charge in [0, 0.05) is 0 Å². The summed E-state index contributed by atoms with van der Waals surface area (Å²) in [4.78, 5) is 20.8. The van der Waals surface area contributed by atoms with Gasteiger partial charge in [-0.1, -0.05) is 44.2 Å². The zero-order chi connectivity index (χ0) is 25.7. The number of ether oxygens (including phenoxy) is 2. The van der Waals surface area contributed by atoms with E-state index in [0.717, 1.165) is 29.8 Å². The Kier molecular flexibility index (Phi) is 8.16. The summed E-state index contributed by atoms with van der Waals surface area (Å²) in [6, 6.07) is 21.9. The fourth-order valence-electron chi connectivity index (χ4n) is 3.85. The summed E-state index contributed by atoms with van der Waals surface area (Å²) in [7, 11) is 1.62. The number of nitrogens with zero attached hydrogens (tertiary/aromatic N) is 2. The van der Waals surface area contributed by atoms with Gasteiger partial charge in [-0.3, -0.25) is 9.69 Å². The molecule has 1 fully saturated rings. The van der Waals surface area contributed by atoms with Gasteiger partial charge >= 0.3 is 0 Å². The Balaban J connectivity index is 1.72. The molecule has 0 unspecified atom stereocenters. The van der Waals surface area contributed by atoms with Crippen LogP contribution in [-0.4, -0.2) is 24.3 Å². The van der Waals surface area contributed by atoms with Gasteiger partial charge in [-0.15, -0.1) is 0 Å². The molecular formula is C30H32N2O3S. The molecule has 0 spiro atoms. The molecule has 0 atom stereocenters. The first-order valence-corrected chi connectivity index (χ1v) is 13.1. The van der Waals surface area contributed by atoms with Gasteiger partial charge in [0.1, 0.15) is 0 Å². The number of aliphatic imine (C=N–C) groups is 1. The minimum atomic E-state index is -0.102. The third-order valence-electron chi connectivity index (χ3n) is 5.83. The molecule has 6 heteroatoms. The highest BCUT2D eigenvalue weighted by atomic mass is 32.2. The largest absolute Gasteiger partial charge is 0.493 e. The highest BCUT2D eigenvalue weighted by Crippen LogP contribution is 2.38. The molecule has 1 aliphatic heterocycles. The maximum atomic E-state index is 13.6. The minimum absolute atomic E-state index is 0.0351. The minimum Gasteiger partial charge on any atom is -0.493 e. The summed E-state index contributed by atoms with van der Waals surface area (Å²) in [5, 5.41) is 0.631. The quantitative estimate of drug-likeness (QED) is 0.302. The van der Waals surface area contributed by atoms with E-state index >= 15 is 0 Å². The molecule has 36 heavy (non-hydrogen) atoms. The van der Waals surface area contributed by atoms with Crippen molar-refractivity contribution in [2.24, 2.45) is 4.99 Å². The van der Waals surface area contributed by atoms with Crippen molar-refractivity contribution in [1.29, 1.82) is 0 Å². The lowest BCUT2D eigenvalue weighted by Crippen LogP contribution is -2.28. The number of amides is 1. The second-order valence-electron chi connectivity index (χ2n) is 8.76. The van der Waals surface area contributed by atoms with Gasteiger partial charge in [0.25, 0.3) is 5.91 Å². The van der Waals surface area contributed by atoms with Crippen molar-refractivity contribution in [1.82, 2.24) is 0 Å². The van der Waals surface area contributed by atoms with Gasteiger partial charge in [-0.2, -0.15) is 0 Å². The van der Waals surface area contributed by atoms with Crippen LogP contribution in [0.1, 0.15) is 44.4 Å². The van der Waals surface area contributed by atoms with E-state index in [-0.39, 0.29) is 12.0 Å². The smallest absolute Gasteiger partial charge is 0.271 e. The molecule has 186 valence electrons. The molecule has 1 heterocycles. The summed E-state index contributed by atoms with van der Waals surface area (Å²) in [5.74, 6) is 1.20. The van der Waals surface area contributed by atoms with E-state index < -0.39 is 0 Å². The first kappa shape index (κ1) is 25.6. The number of rotatable bonds is 8. The molecule has 0 saturated carbocycles. The number of methoxy groups -OCH3 is 1. The van der Waals surface area contributed by atoms with Crippen LogP contribution in [0.15, 0.2) is 76.6 Å². The van der Waals surface area contributed by atoms with Gasteiger partial charge in [-0.25, -0.2) is 4.99 Å². The van der Waals surface area contributed by atoms with Crippen LogP contribution in [-0.2, 0) is 17.6 Å². The van der Waals surface area contributed by atoms with Crippen molar-refractivity contribution in [3.63, 3.8) is 0 Å². The molecule has 0 bridgehead atoms. The van der Waals surface area contributed by atoms with Crippen molar-refractivity contribution in [3.05, 3.63) is 88.3 Å². The van der Waals surface area contributed by atoms with Crippen LogP contribution < -0.4 is 14.4 Å². The third-order valence-corrected chi connectivity index (χ3v) is 6.80. The Hall–Kier alpha value is -3.51. The molecule has 3 aromatic rings. The van der Waals surface area contributed by atoms with Crippen LogP contribution in [0.25, 0.3) is 6.08 Å². The summed E-state index contributed by atoms with van der Waals surface area (Å²) < 4.78 is 11.4. The van der Waals surface area contributed by atoms with E-state index in [9.17, 15) is 4.79 Å². The maximum absolute atomic E-state index is 13.6. The Labute approximate surface area is 217 Å². The van der Waals surface area contributed by atoms with Crippen LogP contribution in [0.4, 0.5) is 11.4 Å². The normalized spacial score (nSPS) is 15.8. The van der Waals surface area contributed by atoms with Crippen molar-refractivity contribution < 1.29 is 14.3 Å². The number of anilines is 1. The maximum Gasteiger partial charge on any atom is 0.271 e. The molecule has 0 aromatic heterocycles. The van der Waals surface area contributed by atoms with Crippen molar-refractivity contribution in [2.45, 2.75) is 46.6 Å². The molecule has 1 aliphatic rings. The number of hydrogen-bond donors (Lipinski definition) is 0. The number of hydrogen-bond acceptors (Lipinski definition) is 5. The molecule has 4 rings (SSSR count). The van der Waals surface area contributed by atoms with Crippen LogP contribution in [0.2, 0.25) is 0 Å². The topological polar surface area (TPSA) is 51.1 Å². The van der Waals surface area contributed by atoms with Crippen LogP contribution in [0, 0.1) is 0 Å². The lowest BCUT2D eigenvalue weighted by atomic mass is 10.1. The Morgan fingerprint density at radius 3 is 2.14 bits per heavy atom. The first-order chi connectivity index (χ1) is 17.4. The van der Waals surface area contributed by atoms with E-state index in [1.165, 1.54) is 22.9 Å². The molecule has 5 nitrogen and oxygen atoms in total. The predicted molar refractivity (Wildman–Crippen MR) is 151 cm³/mol. The third kappa shape index (κ3) is 5.82.